The SMILES string of the molecule is CCCN(Cc1ccccc1N)CC1CCCC1. The largest absolute Gasteiger partial charge is 0.398 e. The van der Waals surface area contributed by atoms with Crippen LogP contribution in [0, 0.1) is 5.92 Å². The van der Waals surface area contributed by atoms with Gasteiger partial charge in [0.1, 0.15) is 0 Å². The van der Waals surface area contributed by atoms with Crippen molar-refractivity contribution in [2.24, 2.45) is 5.92 Å². The molecule has 0 spiro atoms. The van der Waals surface area contributed by atoms with Crippen molar-refractivity contribution in [1.29, 1.82) is 0 Å². The Morgan fingerprint density at radius 1 is 1.22 bits per heavy atom. The summed E-state index contributed by atoms with van der Waals surface area (Å²) >= 11 is 0. The van der Waals surface area contributed by atoms with E-state index in [2.05, 4.69) is 24.0 Å². The van der Waals surface area contributed by atoms with E-state index in [4.69, 9.17) is 5.73 Å². The first-order valence-corrected chi connectivity index (χ1v) is 7.35. The van der Waals surface area contributed by atoms with Crippen LogP contribution in [0.15, 0.2) is 24.3 Å². The first-order valence-electron chi connectivity index (χ1n) is 7.35. The summed E-state index contributed by atoms with van der Waals surface area (Å²) < 4.78 is 0. The van der Waals surface area contributed by atoms with Crippen LogP contribution in [0.1, 0.15) is 44.6 Å². The Hall–Kier alpha value is -1.02. The molecule has 1 aromatic rings. The predicted molar refractivity (Wildman–Crippen MR) is 78.4 cm³/mol. The van der Waals surface area contributed by atoms with E-state index < -0.39 is 0 Å². The van der Waals surface area contributed by atoms with Gasteiger partial charge in [0.25, 0.3) is 0 Å². The molecule has 2 heteroatoms. The lowest BCUT2D eigenvalue weighted by atomic mass is 10.1. The van der Waals surface area contributed by atoms with E-state index in [1.165, 1.54) is 50.8 Å². The van der Waals surface area contributed by atoms with Crippen molar-refractivity contribution in [2.45, 2.75) is 45.6 Å². The van der Waals surface area contributed by atoms with Gasteiger partial charge in [-0.15, -0.1) is 0 Å². The standard InChI is InChI=1S/C16H26N2/c1-2-11-18(12-14-7-3-4-8-14)13-15-9-5-6-10-16(15)17/h5-6,9-10,14H,2-4,7-8,11-13,17H2,1H3. The Morgan fingerprint density at radius 3 is 2.61 bits per heavy atom. The summed E-state index contributed by atoms with van der Waals surface area (Å²) in [6, 6.07) is 8.27. The molecular formula is C16H26N2. The van der Waals surface area contributed by atoms with Crippen LogP contribution in [-0.2, 0) is 6.54 Å². The molecule has 0 radical (unpaired) electrons. The van der Waals surface area contributed by atoms with E-state index in [1.807, 2.05) is 12.1 Å². The van der Waals surface area contributed by atoms with Crippen molar-refractivity contribution < 1.29 is 0 Å². The highest BCUT2D eigenvalue weighted by molar-refractivity contribution is 5.46. The zero-order valence-corrected chi connectivity index (χ0v) is 11.6. The van der Waals surface area contributed by atoms with Crippen molar-refractivity contribution in [3.8, 4) is 0 Å². The molecule has 2 rings (SSSR count). The monoisotopic (exact) mass is 246 g/mol. The Bertz CT molecular complexity index is 356. The molecule has 0 aromatic heterocycles. The van der Waals surface area contributed by atoms with Crippen molar-refractivity contribution in [2.75, 3.05) is 18.8 Å². The quantitative estimate of drug-likeness (QED) is 0.776. The second kappa shape index (κ2) is 6.79. The van der Waals surface area contributed by atoms with Gasteiger partial charge in [0, 0.05) is 18.8 Å². The van der Waals surface area contributed by atoms with Gasteiger partial charge in [-0.1, -0.05) is 38.0 Å². The lowest BCUT2D eigenvalue weighted by molar-refractivity contribution is 0.224. The lowest BCUT2D eigenvalue weighted by Crippen LogP contribution is -2.29. The van der Waals surface area contributed by atoms with Gasteiger partial charge in [0.2, 0.25) is 0 Å². The highest BCUT2D eigenvalue weighted by atomic mass is 15.1. The zero-order chi connectivity index (χ0) is 12.8. The van der Waals surface area contributed by atoms with Crippen LogP contribution in [0.4, 0.5) is 5.69 Å². The van der Waals surface area contributed by atoms with Crippen LogP contribution >= 0.6 is 0 Å². The third-order valence-corrected chi connectivity index (χ3v) is 3.98. The van der Waals surface area contributed by atoms with Gasteiger partial charge in [0.15, 0.2) is 0 Å². The van der Waals surface area contributed by atoms with Crippen LogP contribution in [0.5, 0.6) is 0 Å². The molecule has 2 nitrogen and oxygen atoms in total. The highest BCUT2D eigenvalue weighted by Crippen LogP contribution is 2.26. The molecule has 0 heterocycles. The first kappa shape index (κ1) is 13.4. The van der Waals surface area contributed by atoms with Gasteiger partial charge in [-0.3, -0.25) is 4.90 Å². The summed E-state index contributed by atoms with van der Waals surface area (Å²) in [5.74, 6) is 0.918. The maximum atomic E-state index is 6.05. The molecule has 1 aliphatic rings. The molecular weight excluding hydrogens is 220 g/mol. The lowest BCUT2D eigenvalue weighted by Gasteiger charge is -2.25. The Balaban J connectivity index is 1.94. The second-order valence-corrected chi connectivity index (χ2v) is 5.58. The van der Waals surface area contributed by atoms with Crippen LogP contribution < -0.4 is 5.73 Å². The average Bonchev–Trinajstić information content (AvgIpc) is 2.85. The minimum Gasteiger partial charge on any atom is -0.398 e. The van der Waals surface area contributed by atoms with E-state index in [0.29, 0.717) is 0 Å². The fourth-order valence-electron chi connectivity index (χ4n) is 3.03. The number of anilines is 1. The van der Waals surface area contributed by atoms with Gasteiger partial charge in [0.05, 0.1) is 0 Å². The molecule has 1 aliphatic carbocycles. The second-order valence-electron chi connectivity index (χ2n) is 5.58. The fourth-order valence-corrected chi connectivity index (χ4v) is 3.03. The Labute approximate surface area is 111 Å². The molecule has 0 atom stereocenters. The van der Waals surface area contributed by atoms with Crippen molar-refractivity contribution >= 4 is 5.69 Å². The van der Waals surface area contributed by atoms with Crippen LogP contribution in [0.3, 0.4) is 0 Å². The predicted octanol–water partition coefficient (Wildman–Crippen LogP) is 3.67. The first-order chi connectivity index (χ1) is 8.79. The summed E-state index contributed by atoms with van der Waals surface area (Å²) in [5.41, 5.74) is 8.26. The molecule has 0 saturated heterocycles. The number of hydrogen-bond acceptors (Lipinski definition) is 2. The number of para-hydroxylation sites is 1. The number of nitrogens with two attached hydrogens (primary N) is 1. The third-order valence-electron chi connectivity index (χ3n) is 3.98. The summed E-state index contributed by atoms with van der Waals surface area (Å²) in [6.07, 6.45) is 6.92. The zero-order valence-electron chi connectivity index (χ0n) is 11.6. The number of benzene rings is 1. The van der Waals surface area contributed by atoms with E-state index in [9.17, 15) is 0 Å². The maximum Gasteiger partial charge on any atom is 0.0359 e. The van der Waals surface area contributed by atoms with Crippen molar-refractivity contribution in [3.05, 3.63) is 29.8 Å². The van der Waals surface area contributed by atoms with Gasteiger partial charge >= 0.3 is 0 Å². The van der Waals surface area contributed by atoms with Gasteiger partial charge < -0.3 is 5.73 Å². The molecule has 0 bridgehead atoms. The van der Waals surface area contributed by atoms with E-state index in [1.54, 1.807) is 0 Å². The van der Waals surface area contributed by atoms with E-state index in [0.717, 1.165) is 18.2 Å². The third kappa shape index (κ3) is 3.74. The molecule has 1 saturated carbocycles. The molecule has 1 aromatic carbocycles. The van der Waals surface area contributed by atoms with E-state index >= 15 is 0 Å². The van der Waals surface area contributed by atoms with Crippen LogP contribution in [0.2, 0.25) is 0 Å². The summed E-state index contributed by atoms with van der Waals surface area (Å²) in [5, 5.41) is 0. The highest BCUT2D eigenvalue weighted by Gasteiger charge is 2.18. The Morgan fingerprint density at radius 2 is 1.94 bits per heavy atom. The van der Waals surface area contributed by atoms with Crippen LogP contribution in [0.25, 0.3) is 0 Å². The van der Waals surface area contributed by atoms with Crippen LogP contribution in [-0.4, -0.2) is 18.0 Å². The average molecular weight is 246 g/mol. The Kier molecular flexibility index (Phi) is 5.06. The molecule has 1 fully saturated rings. The summed E-state index contributed by atoms with van der Waals surface area (Å²) in [4.78, 5) is 2.58. The van der Waals surface area contributed by atoms with Gasteiger partial charge in [-0.2, -0.15) is 0 Å². The molecule has 18 heavy (non-hydrogen) atoms. The number of nitrogen functional groups attached to an aromatic ring is 1. The topological polar surface area (TPSA) is 29.3 Å². The molecule has 0 aliphatic heterocycles. The minimum absolute atomic E-state index is 0.918. The molecule has 0 amide bonds. The maximum absolute atomic E-state index is 6.05. The fraction of sp³-hybridized carbons (Fsp3) is 0.625. The summed E-state index contributed by atoms with van der Waals surface area (Å²) in [7, 11) is 0. The minimum atomic E-state index is 0.918. The molecule has 0 unspecified atom stereocenters. The van der Waals surface area contributed by atoms with Crippen molar-refractivity contribution in [3.63, 3.8) is 0 Å². The number of hydrogen-bond donors (Lipinski definition) is 1. The van der Waals surface area contributed by atoms with E-state index in [-0.39, 0.29) is 0 Å². The normalized spacial score (nSPS) is 16.6. The number of rotatable bonds is 6. The molecule has 2 N–H and O–H groups in total. The smallest absolute Gasteiger partial charge is 0.0359 e. The van der Waals surface area contributed by atoms with Crippen molar-refractivity contribution in [1.82, 2.24) is 4.90 Å². The van der Waals surface area contributed by atoms with Gasteiger partial charge in [-0.25, -0.2) is 0 Å². The summed E-state index contributed by atoms with van der Waals surface area (Å²) in [6.45, 7) is 5.71. The molecule has 100 valence electrons. The van der Waals surface area contributed by atoms with Gasteiger partial charge in [-0.05, 0) is 43.4 Å². The number of nitrogens with zero attached hydrogens (tertiary/aromatic N) is 1.